The Morgan fingerprint density at radius 3 is 1.18 bits per heavy atom. The van der Waals surface area contributed by atoms with E-state index in [1.165, 1.54) is 51.4 Å². The summed E-state index contributed by atoms with van der Waals surface area (Å²) in [6, 6.07) is 47.1. The first kappa shape index (κ1) is 23.2. The first-order chi connectivity index (χ1) is 16.7. The Hall–Kier alpha value is -3.93. The standard InChI is InChI=1S/C30H21Br.C2H3N/c31-30-18-16-25(17-19-30)27-9-5-11-29(21-27)28-10-4-8-26(20-28)24-14-12-23(13-15-24)22-6-2-1-3-7-22;1-2-3/h1-21H;1H3. The summed E-state index contributed by atoms with van der Waals surface area (Å²) in [5.41, 5.74) is 9.83. The van der Waals surface area contributed by atoms with E-state index < -0.39 is 0 Å². The zero-order chi connectivity index (χ0) is 23.8. The van der Waals surface area contributed by atoms with Crippen LogP contribution in [0.25, 0.3) is 44.5 Å². The number of nitriles is 1. The molecule has 164 valence electrons. The van der Waals surface area contributed by atoms with E-state index in [-0.39, 0.29) is 0 Å². The SMILES string of the molecule is Brc1ccc(-c2cccc(-c3cccc(-c4ccc(-c5ccccc5)cc4)c3)c2)cc1.CC#N. The molecule has 0 amide bonds. The molecule has 0 aliphatic carbocycles. The highest BCUT2D eigenvalue weighted by molar-refractivity contribution is 9.10. The van der Waals surface area contributed by atoms with E-state index >= 15 is 0 Å². The summed E-state index contributed by atoms with van der Waals surface area (Å²) in [4.78, 5) is 0. The first-order valence-electron chi connectivity index (χ1n) is 11.1. The van der Waals surface area contributed by atoms with Crippen molar-refractivity contribution in [3.05, 3.63) is 132 Å². The Morgan fingerprint density at radius 2 is 0.735 bits per heavy atom. The molecule has 0 aliphatic heterocycles. The normalized spacial score (nSPS) is 10.0. The minimum absolute atomic E-state index is 1.10. The number of hydrogen-bond donors (Lipinski definition) is 0. The van der Waals surface area contributed by atoms with Gasteiger partial charge in [-0.05, 0) is 68.8 Å². The van der Waals surface area contributed by atoms with Crippen LogP contribution in [0.1, 0.15) is 6.92 Å². The molecule has 5 aromatic rings. The van der Waals surface area contributed by atoms with Crippen molar-refractivity contribution >= 4 is 15.9 Å². The van der Waals surface area contributed by atoms with Gasteiger partial charge in [0.05, 0.1) is 6.07 Å². The van der Waals surface area contributed by atoms with Gasteiger partial charge in [-0.15, -0.1) is 0 Å². The molecule has 0 radical (unpaired) electrons. The highest BCUT2D eigenvalue weighted by atomic mass is 79.9. The Bertz CT molecular complexity index is 1400. The molecular weight excluding hydrogens is 478 g/mol. The van der Waals surface area contributed by atoms with Crippen LogP contribution in [0, 0.1) is 11.3 Å². The molecule has 0 aromatic heterocycles. The van der Waals surface area contributed by atoms with E-state index in [1.54, 1.807) is 6.07 Å². The minimum atomic E-state index is 1.10. The van der Waals surface area contributed by atoms with Crippen LogP contribution in [-0.4, -0.2) is 0 Å². The van der Waals surface area contributed by atoms with Crippen molar-refractivity contribution in [3.8, 4) is 50.6 Å². The van der Waals surface area contributed by atoms with Crippen LogP contribution in [0.5, 0.6) is 0 Å². The maximum atomic E-state index is 7.32. The molecule has 34 heavy (non-hydrogen) atoms. The molecule has 0 bridgehead atoms. The third kappa shape index (κ3) is 5.70. The Morgan fingerprint density at radius 1 is 0.441 bits per heavy atom. The first-order valence-corrected chi connectivity index (χ1v) is 11.9. The quantitative estimate of drug-likeness (QED) is 0.240. The van der Waals surface area contributed by atoms with Crippen LogP contribution < -0.4 is 0 Å². The van der Waals surface area contributed by atoms with Crippen molar-refractivity contribution in [2.24, 2.45) is 0 Å². The fourth-order valence-electron chi connectivity index (χ4n) is 3.88. The maximum Gasteiger partial charge on any atom is 0.0587 e. The predicted molar refractivity (Wildman–Crippen MR) is 147 cm³/mol. The van der Waals surface area contributed by atoms with E-state index in [9.17, 15) is 0 Å². The molecular formula is C32H24BrN. The van der Waals surface area contributed by atoms with Gasteiger partial charge in [-0.25, -0.2) is 0 Å². The van der Waals surface area contributed by atoms with Crippen molar-refractivity contribution in [3.63, 3.8) is 0 Å². The molecule has 1 nitrogen and oxygen atoms in total. The number of hydrogen-bond acceptors (Lipinski definition) is 1. The zero-order valence-electron chi connectivity index (χ0n) is 18.9. The van der Waals surface area contributed by atoms with E-state index in [0.29, 0.717) is 0 Å². The average Bonchev–Trinajstić information content (AvgIpc) is 2.90. The summed E-state index contributed by atoms with van der Waals surface area (Å²) in [5.74, 6) is 0. The lowest BCUT2D eigenvalue weighted by molar-refractivity contribution is 1.49. The fraction of sp³-hybridized carbons (Fsp3) is 0.0312. The van der Waals surface area contributed by atoms with Crippen LogP contribution in [-0.2, 0) is 0 Å². The highest BCUT2D eigenvalue weighted by Gasteiger charge is 2.05. The molecule has 0 N–H and O–H groups in total. The van der Waals surface area contributed by atoms with Crippen molar-refractivity contribution in [2.45, 2.75) is 6.92 Å². The lowest BCUT2D eigenvalue weighted by atomic mass is 9.95. The average molecular weight is 502 g/mol. The van der Waals surface area contributed by atoms with Gasteiger partial charge in [0.15, 0.2) is 0 Å². The molecule has 0 unspecified atom stereocenters. The van der Waals surface area contributed by atoms with Crippen LogP contribution >= 0.6 is 15.9 Å². The Labute approximate surface area is 210 Å². The summed E-state index contributed by atoms with van der Waals surface area (Å²) in [6.45, 7) is 1.43. The van der Waals surface area contributed by atoms with Crippen molar-refractivity contribution in [1.82, 2.24) is 0 Å². The van der Waals surface area contributed by atoms with Gasteiger partial charge in [-0.3, -0.25) is 0 Å². The predicted octanol–water partition coefficient (Wildman–Crippen LogP) is 9.65. The van der Waals surface area contributed by atoms with E-state index in [1.807, 2.05) is 0 Å². The Balaban J connectivity index is 0.000000868. The molecule has 0 spiro atoms. The third-order valence-electron chi connectivity index (χ3n) is 5.56. The molecule has 0 aliphatic rings. The largest absolute Gasteiger partial charge is 0.199 e. The van der Waals surface area contributed by atoms with Crippen LogP contribution in [0.2, 0.25) is 0 Å². The summed E-state index contributed by atoms with van der Waals surface area (Å²) < 4.78 is 1.10. The summed E-state index contributed by atoms with van der Waals surface area (Å²) in [6.07, 6.45) is 0. The number of rotatable bonds is 4. The third-order valence-corrected chi connectivity index (χ3v) is 6.09. The number of nitrogens with zero attached hydrogens (tertiary/aromatic N) is 1. The van der Waals surface area contributed by atoms with Crippen molar-refractivity contribution < 1.29 is 0 Å². The smallest absolute Gasteiger partial charge is 0.0587 e. The topological polar surface area (TPSA) is 23.8 Å². The molecule has 2 heteroatoms. The molecule has 0 fully saturated rings. The van der Waals surface area contributed by atoms with E-state index in [0.717, 1.165) is 4.47 Å². The lowest BCUT2D eigenvalue weighted by Crippen LogP contribution is -1.84. The zero-order valence-corrected chi connectivity index (χ0v) is 20.5. The second kappa shape index (κ2) is 11.3. The van der Waals surface area contributed by atoms with Crippen LogP contribution in [0.3, 0.4) is 0 Å². The molecule has 0 heterocycles. The second-order valence-corrected chi connectivity index (χ2v) is 8.75. The molecule has 0 atom stereocenters. The van der Waals surface area contributed by atoms with Gasteiger partial charge in [0.25, 0.3) is 0 Å². The minimum Gasteiger partial charge on any atom is -0.199 e. The van der Waals surface area contributed by atoms with Gasteiger partial charge in [0.1, 0.15) is 0 Å². The fourth-order valence-corrected chi connectivity index (χ4v) is 4.15. The van der Waals surface area contributed by atoms with E-state index in [2.05, 4.69) is 143 Å². The van der Waals surface area contributed by atoms with Crippen molar-refractivity contribution in [2.75, 3.05) is 0 Å². The van der Waals surface area contributed by atoms with Gasteiger partial charge in [0.2, 0.25) is 0 Å². The summed E-state index contributed by atoms with van der Waals surface area (Å²) >= 11 is 3.52. The Kier molecular flexibility index (Phi) is 7.71. The van der Waals surface area contributed by atoms with Gasteiger partial charge in [-0.2, -0.15) is 5.26 Å². The summed E-state index contributed by atoms with van der Waals surface area (Å²) in [5, 5.41) is 7.32. The molecule has 0 saturated carbocycles. The summed E-state index contributed by atoms with van der Waals surface area (Å²) in [7, 11) is 0. The maximum absolute atomic E-state index is 7.32. The van der Waals surface area contributed by atoms with E-state index in [4.69, 9.17) is 5.26 Å². The second-order valence-electron chi connectivity index (χ2n) is 7.84. The van der Waals surface area contributed by atoms with Crippen LogP contribution in [0.4, 0.5) is 0 Å². The van der Waals surface area contributed by atoms with Gasteiger partial charge < -0.3 is 0 Å². The molecule has 0 saturated heterocycles. The van der Waals surface area contributed by atoms with Gasteiger partial charge in [-0.1, -0.05) is 119 Å². The number of benzene rings is 5. The van der Waals surface area contributed by atoms with Gasteiger partial charge in [0, 0.05) is 11.4 Å². The van der Waals surface area contributed by atoms with Gasteiger partial charge >= 0.3 is 0 Å². The number of halogens is 1. The highest BCUT2D eigenvalue weighted by Crippen LogP contribution is 2.31. The van der Waals surface area contributed by atoms with Crippen LogP contribution in [0.15, 0.2) is 132 Å². The molecule has 5 rings (SSSR count). The molecule has 5 aromatic carbocycles. The monoisotopic (exact) mass is 501 g/mol. The van der Waals surface area contributed by atoms with Crippen molar-refractivity contribution in [1.29, 1.82) is 5.26 Å². The lowest BCUT2D eigenvalue weighted by Gasteiger charge is -2.09.